The van der Waals surface area contributed by atoms with Crippen molar-refractivity contribution < 1.29 is 9.13 Å². The van der Waals surface area contributed by atoms with Gasteiger partial charge in [0.1, 0.15) is 11.5 Å². The second-order valence-corrected chi connectivity index (χ2v) is 4.18. The Balaban J connectivity index is 2.35. The van der Waals surface area contributed by atoms with Crippen LogP contribution in [0.25, 0.3) is 0 Å². The van der Waals surface area contributed by atoms with Crippen LogP contribution in [0.15, 0.2) is 16.9 Å². The highest BCUT2D eigenvalue weighted by Gasteiger charge is 2.12. The molecule has 0 radical (unpaired) electrons. The smallest absolute Gasteiger partial charge is 0.216 e. The zero-order valence-corrected chi connectivity index (χ0v) is 10.9. The van der Waals surface area contributed by atoms with Crippen LogP contribution in [0.3, 0.4) is 0 Å². The van der Waals surface area contributed by atoms with E-state index >= 15 is 0 Å². The first-order valence-corrected chi connectivity index (χ1v) is 5.63. The molecule has 0 aliphatic rings. The van der Waals surface area contributed by atoms with Gasteiger partial charge in [-0.25, -0.2) is 9.37 Å². The Bertz CT molecular complexity index is 543. The molecule has 0 fully saturated rings. The van der Waals surface area contributed by atoms with Crippen molar-refractivity contribution in [3.05, 3.63) is 33.9 Å². The van der Waals surface area contributed by atoms with E-state index in [2.05, 4.69) is 31.1 Å². The highest BCUT2D eigenvalue weighted by Crippen LogP contribution is 2.21. The van der Waals surface area contributed by atoms with Crippen LogP contribution in [-0.4, -0.2) is 27.1 Å². The van der Waals surface area contributed by atoms with Crippen LogP contribution in [0.1, 0.15) is 11.3 Å². The van der Waals surface area contributed by atoms with Crippen LogP contribution in [0.5, 0.6) is 5.88 Å². The number of methoxy groups -OCH3 is 1. The van der Waals surface area contributed by atoms with Gasteiger partial charge in [-0.05, 0) is 22.0 Å². The zero-order valence-electron chi connectivity index (χ0n) is 9.31. The molecule has 0 saturated carbocycles. The van der Waals surface area contributed by atoms with Gasteiger partial charge in [0, 0.05) is 19.0 Å². The maximum absolute atomic E-state index is 13.1. The third-order valence-corrected chi connectivity index (χ3v) is 2.80. The Kier molecular flexibility index (Phi) is 3.37. The number of halogens is 2. The predicted octanol–water partition coefficient (Wildman–Crippen LogP) is 1.71. The fourth-order valence-corrected chi connectivity index (χ4v) is 1.94. The van der Waals surface area contributed by atoms with E-state index < -0.39 is 5.82 Å². The van der Waals surface area contributed by atoms with Crippen molar-refractivity contribution in [2.45, 2.75) is 6.42 Å². The monoisotopic (exact) mass is 300 g/mol. The van der Waals surface area contributed by atoms with E-state index in [1.165, 1.54) is 18.0 Å². The number of nitrogens with zero attached hydrogens (tertiary/aromatic N) is 4. The molecule has 0 unspecified atom stereocenters. The van der Waals surface area contributed by atoms with E-state index in [1.54, 1.807) is 7.05 Å². The number of aromatic nitrogens is 4. The lowest BCUT2D eigenvalue weighted by Crippen LogP contribution is -1.99. The maximum Gasteiger partial charge on any atom is 0.216 e. The van der Waals surface area contributed by atoms with Crippen molar-refractivity contribution in [3.8, 4) is 5.88 Å². The summed E-state index contributed by atoms with van der Waals surface area (Å²) in [5, 5.41) is 8.22. The lowest BCUT2D eigenvalue weighted by molar-refractivity contribution is 0.391. The Morgan fingerprint density at radius 3 is 2.82 bits per heavy atom. The van der Waals surface area contributed by atoms with Crippen LogP contribution in [0.4, 0.5) is 4.39 Å². The zero-order chi connectivity index (χ0) is 12.4. The molecule has 5 nitrogen and oxygen atoms in total. The van der Waals surface area contributed by atoms with Gasteiger partial charge in [0.15, 0.2) is 4.60 Å². The molecule has 0 saturated heterocycles. The molecule has 0 bridgehead atoms. The maximum atomic E-state index is 13.1. The van der Waals surface area contributed by atoms with Crippen molar-refractivity contribution >= 4 is 15.9 Å². The molecule has 0 N–H and O–H groups in total. The number of aryl methyl sites for hydroxylation is 1. The molecule has 2 heterocycles. The number of pyridine rings is 1. The molecule has 0 amide bonds. The Labute approximate surface area is 106 Å². The highest BCUT2D eigenvalue weighted by atomic mass is 79.9. The fourth-order valence-electron chi connectivity index (χ4n) is 1.49. The minimum Gasteiger partial charge on any atom is -0.481 e. The molecular weight excluding hydrogens is 291 g/mol. The topological polar surface area (TPSA) is 52.8 Å². The standard InChI is InChI=1S/C10H10BrFN4O/c1-16-14-8(9(11)15-16)4-6-3-7(12)5-13-10(6)17-2/h3,5H,4H2,1-2H3. The number of rotatable bonds is 3. The van der Waals surface area contributed by atoms with E-state index in [4.69, 9.17) is 4.74 Å². The summed E-state index contributed by atoms with van der Waals surface area (Å²) in [6.07, 6.45) is 1.52. The van der Waals surface area contributed by atoms with Gasteiger partial charge in [-0.2, -0.15) is 9.90 Å². The lowest BCUT2D eigenvalue weighted by Gasteiger charge is -2.05. The van der Waals surface area contributed by atoms with Crippen molar-refractivity contribution in [3.63, 3.8) is 0 Å². The van der Waals surface area contributed by atoms with Crippen molar-refractivity contribution in [2.24, 2.45) is 7.05 Å². The Morgan fingerprint density at radius 1 is 1.47 bits per heavy atom. The van der Waals surface area contributed by atoms with E-state index in [0.29, 0.717) is 28.2 Å². The van der Waals surface area contributed by atoms with E-state index in [9.17, 15) is 4.39 Å². The quantitative estimate of drug-likeness (QED) is 0.866. The van der Waals surface area contributed by atoms with Gasteiger partial charge in [-0.3, -0.25) is 0 Å². The normalized spacial score (nSPS) is 10.6. The van der Waals surface area contributed by atoms with E-state index in [-0.39, 0.29) is 0 Å². The minimum absolute atomic E-state index is 0.393. The molecule has 0 aliphatic carbocycles. The first-order valence-electron chi connectivity index (χ1n) is 4.84. The lowest BCUT2D eigenvalue weighted by atomic mass is 10.1. The first-order chi connectivity index (χ1) is 8.10. The van der Waals surface area contributed by atoms with Gasteiger partial charge in [0.05, 0.1) is 13.3 Å². The van der Waals surface area contributed by atoms with Gasteiger partial charge < -0.3 is 4.74 Å². The van der Waals surface area contributed by atoms with Crippen LogP contribution >= 0.6 is 15.9 Å². The van der Waals surface area contributed by atoms with Gasteiger partial charge in [-0.15, -0.1) is 5.10 Å². The second-order valence-electron chi connectivity index (χ2n) is 3.43. The Morgan fingerprint density at radius 2 is 2.24 bits per heavy atom. The van der Waals surface area contributed by atoms with Crippen LogP contribution in [0.2, 0.25) is 0 Å². The average Bonchev–Trinajstić information content (AvgIpc) is 2.58. The SMILES string of the molecule is COc1ncc(F)cc1Cc1nn(C)nc1Br. The average molecular weight is 301 g/mol. The number of hydrogen-bond acceptors (Lipinski definition) is 4. The fraction of sp³-hybridized carbons (Fsp3) is 0.300. The summed E-state index contributed by atoms with van der Waals surface area (Å²) in [4.78, 5) is 5.30. The third-order valence-electron chi connectivity index (χ3n) is 2.18. The number of hydrogen-bond donors (Lipinski definition) is 0. The third kappa shape index (κ3) is 2.60. The minimum atomic E-state index is -0.402. The summed E-state index contributed by atoms with van der Waals surface area (Å²) in [5.74, 6) is -0.00948. The summed E-state index contributed by atoms with van der Waals surface area (Å²) in [5.41, 5.74) is 1.34. The molecule has 2 aromatic heterocycles. The summed E-state index contributed by atoms with van der Waals surface area (Å²) < 4.78 is 18.8. The molecule has 90 valence electrons. The van der Waals surface area contributed by atoms with Gasteiger partial charge in [0.25, 0.3) is 0 Å². The number of ether oxygens (including phenoxy) is 1. The van der Waals surface area contributed by atoms with Crippen molar-refractivity contribution in [1.82, 2.24) is 20.0 Å². The molecule has 0 atom stereocenters. The Hall–Kier alpha value is -1.50. The van der Waals surface area contributed by atoms with Crippen molar-refractivity contribution in [2.75, 3.05) is 7.11 Å². The van der Waals surface area contributed by atoms with Crippen molar-refractivity contribution in [1.29, 1.82) is 0 Å². The predicted molar refractivity (Wildman–Crippen MR) is 62.3 cm³/mol. The molecule has 2 rings (SSSR count). The molecule has 17 heavy (non-hydrogen) atoms. The first kappa shape index (κ1) is 12.0. The van der Waals surface area contributed by atoms with Gasteiger partial charge in [-0.1, -0.05) is 0 Å². The van der Waals surface area contributed by atoms with Gasteiger partial charge >= 0.3 is 0 Å². The largest absolute Gasteiger partial charge is 0.481 e. The summed E-state index contributed by atoms with van der Waals surface area (Å²) in [6.45, 7) is 0. The highest BCUT2D eigenvalue weighted by molar-refractivity contribution is 9.10. The van der Waals surface area contributed by atoms with Crippen LogP contribution in [-0.2, 0) is 13.5 Å². The van der Waals surface area contributed by atoms with Gasteiger partial charge in [0.2, 0.25) is 5.88 Å². The molecule has 0 aromatic carbocycles. The molecule has 0 spiro atoms. The molecule has 7 heteroatoms. The summed E-state index contributed by atoms with van der Waals surface area (Å²) >= 11 is 3.29. The van der Waals surface area contributed by atoms with E-state index in [1.807, 2.05) is 0 Å². The second kappa shape index (κ2) is 4.79. The molecule has 0 aliphatic heterocycles. The summed E-state index contributed by atoms with van der Waals surface area (Å²) in [7, 11) is 3.21. The van der Waals surface area contributed by atoms with Crippen LogP contribution in [0, 0.1) is 5.82 Å². The van der Waals surface area contributed by atoms with Crippen LogP contribution < -0.4 is 4.74 Å². The molecular formula is C10H10BrFN4O. The molecule has 2 aromatic rings. The van der Waals surface area contributed by atoms with E-state index in [0.717, 1.165) is 6.20 Å². The summed E-state index contributed by atoms with van der Waals surface area (Å²) in [6, 6.07) is 1.38.